The van der Waals surface area contributed by atoms with Gasteiger partial charge in [-0.3, -0.25) is 9.59 Å². The molecule has 3 rings (SSSR count). The number of benzene rings is 1. The molecule has 1 aromatic carbocycles. The normalized spacial score (nSPS) is 20.7. The first kappa shape index (κ1) is 16.5. The van der Waals surface area contributed by atoms with Crippen LogP contribution in [0.3, 0.4) is 0 Å². The largest absolute Gasteiger partial charge is 0.380 e. The number of nitrogens with two attached hydrogens (primary N) is 1. The van der Waals surface area contributed by atoms with Gasteiger partial charge in [0.2, 0.25) is 11.8 Å². The smallest absolute Gasteiger partial charge is 0.240 e. The van der Waals surface area contributed by atoms with Gasteiger partial charge in [0.25, 0.3) is 0 Å². The number of aryl methyl sites for hydroxylation is 2. The summed E-state index contributed by atoms with van der Waals surface area (Å²) in [5, 5.41) is 1.16. The summed E-state index contributed by atoms with van der Waals surface area (Å²) < 4.78 is 7.36. The summed E-state index contributed by atoms with van der Waals surface area (Å²) in [4.78, 5) is 25.8. The van der Waals surface area contributed by atoms with Gasteiger partial charge in [-0.05, 0) is 18.1 Å². The Hall–Kier alpha value is -2.34. The monoisotopic (exact) mass is 329 g/mol. The summed E-state index contributed by atoms with van der Waals surface area (Å²) in [5.74, 6) is -0.514. The van der Waals surface area contributed by atoms with Gasteiger partial charge >= 0.3 is 0 Å². The quantitative estimate of drug-likeness (QED) is 0.896. The van der Waals surface area contributed by atoms with Crippen LogP contribution in [0.1, 0.15) is 18.4 Å². The number of carbonyl (C=O) groups excluding carboxylic acids is 2. The minimum atomic E-state index is -0.560. The summed E-state index contributed by atoms with van der Waals surface area (Å²) in [5.41, 5.74) is 7.72. The Morgan fingerprint density at radius 2 is 2.08 bits per heavy atom. The SMILES string of the molecule is CO[C@H]1C[C@@H](C(N)=O)N(C(=O)CCc2cn(C)c3ccccc23)C1. The Labute approximate surface area is 141 Å². The van der Waals surface area contributed by atoms with Gasteiger partial charge in [0.05, 0.1) is 6.10 Å². The molecule has 1 aromatic heterocycles. The molecule has 6 heteroatoms. The number of primary amides is 1. The van der Waals surface area contributed by atoms with E-state index in [4.69, 9.17) is 10.5 Å². The molecule has 1 saturated heterocycles. The molecule has 1 aliphatic heterocycles. The Morgan fingerprint density at radius 1 is 1.33 bits per heavy atom. The van der Waals surface area contributed by atoms with E-state index in [-0.39, 0.29) is 12.0 Å². The first-order chi connectivity index (χ1) is 11.5. The van der Waals surface area contributed by atoms with Crippen LogP contribution in [0, 0.1) is 0 Å². The topological polar surface area (TPSA) is 77.6 Å². The first-order valence-corrected chi connectivity index (χ1v) is 8.15. The second kappa shape index (κ2) is 6.65. The summed E-state index contributed by atoms with van der Waals surface area (Å²) in [7, 11) is 3.59. The number of hydrogen-bond donors (Lipinski definition) is 1. The van der Waals surface area contributed by atoms with Crippen molar-refractivity contribution >= 4 is 22.7 Å². The predicted molar refractivity (Wildman–Crippen MR) is 91.3 cm³/mol. The Morgan fingerprint density at radius 3 is 2.79 bits per heavy atom. The van der Waals surface area contributed by atoms with Gasteiger partial charge in [0.15, 0.2) is 0 Å². The van der Waals surface area contributed by atoms with Crippen LogP contribution in [0.4, 0.5) is 0 Å². The average Bonchev–Trinajstić information content (AvgIpc) is 3.15. The molecule has 24 heavy (non-hydrogen) atoms. The molecule has 0 spiro atoms. The Kier molecular flexibility index (Phi) is 4.57. The lowest BCUT2D eigenvalue weighted by atomic mass is 10.1. The van der Waals surface area contributed by atoms with Crippen molar-refractivity contribution in [2.45, 2.75) is 31.4 Å². The van der Waals surface area contributed by atoms with E-state index in [1.54, 1.807) is 12.0 Å². The number of methoxy groups -OCH3 is 1. The van der Waals surface area contributed by atoms with Gasteiger partial charge < -0.3 is 19.9 Å². The maximum absolute atomic E-state index is 12.6. The minimum Gasteiger partial charge on any atom is -0.380 e. The maximum atomic E-state index is 12.6. The van der Waals surface area contributed by atoms with Crippen LogP contribution in [0.25, 0.3) is 10.9 Å². The van der Waals surface area contributed by atoms with E-state index in [0.717, 1.165) is 16.5 Å². The molecule has 6 nitrogen and oxygen atoms in total. The molecular formula is C18H23N3O3. The fourth-order valence-electron chi connectivity index (χ4n) is 3.52. The Balaban J connectivity index is 1.71. The van der Waals surface area contributed by atoms with Crippen molar-refractivity contribution in [3.05, 3.63) is 36.0 Å². The predicted octanol–water partition coefficient (Wildman–Crippen LogP) is 1.21. The number of likely N-dealkylation sites (tertiary alicyclic amines) is 1. The molecule has 0 unspecified atom stereocenters. The molecule has 0 saturated carbocycles. The van der Waals surface area contributed by atoms with Crippen molar-refractivity contribution in [3.63, 3.8) is 0 Å². The second-order valence-corrected chi connectivity index (χ2v) is 6.34. The van der Waals surface area contributed by atoms with Crippen LogP contribution in [0.5, 0.6) is 0 Å². The van der Waals surface area contributed by atoms with Gasteiger partial charge in [-0.25, -0.2) is 0 Å². The third-order valence-electron chi connectivity index (χ3n) is 4.83. The van der Waals surface area contributed by atoms with Crippen molar-refractivity contribution in [2.75, 3.05) is 13.7 Å². The summed E-state index contributed by atoms with van der Waals surface area (Å²) in [6.07, 6.45) is 3.41. The van der Waals surface area contributed by atoms with Crippen molar-refractivity contribution in [1.29, 1.82) is 0 Å². The van der Waals surface area contributed by atoms with E-state index >= 15 is 0 Å². The highest BCUT2D eigenvalue weighted by molar-refractivity contribution is 5.88. The number of rotatable bonds is 5. The molecule has 2 heterocycles. The number of fused-ring (bicyclic) bond motifs is 1. The summed E-state index contributed by atoms with van der Waals surface area (Å²) in [6, 6.07) is 7.57. The molecule has 2 aromatic rings. The maximum Gasteiger partial charge on any atom is 0.240 e. The van der Waals surface area contributed by atoms with E-state index < -0.39 is 11.9 Å². The number of amides is 2. The number of hydrogen-bond acceptors (Lipinski definition) is 3. The Bertz CT molecular complexity index is 768. The van der Waals surface area contributed by atoms with Crippen LogP contribution in [0.2, 0.25) is 0 Å². The summed E-state index contributed by atoms with van der Waals surface area (Å²) >= 11 is 0. The third kappa shape index (κ3) is 3.01. The van der Waals surface area contributed by atoms with E-state index in [1.165, 1.54) is 0 Å². The van der Waals surface area contributed by atoms with Crippen LogP contribution >= 0.6 is 0 Å². The number of ether oxygens (including phenoxy) is 1. The third-order valence-corrected chi connectivity index (χ3v) is 4.83. The molecule has 0 radical (unpaired) electrons. The zero-order valence-electron chi connectivity index (χ0n) is 14.1. The molecule has 128 valence electrons. The van der Waals surface area contributed by atoms with Gasteiger partial charge in [-0.2, -0.15) is 0 Å². The molecule has 0 bridgehead atoms. The van der Waals surface area contributed by atoms with Crippen LogP contribution in [-0.4, -0.2) is 47.1 Å². The standard InChI is InChI=1S/C18H23N3O3/c1-20-10-12(14-5-3-4-6-15(14)20)7-8-17(22)21-11-13(24-2)9-16(21)18(19)23/h3-6,10,13,16H,7-9,11H2,1-2H3,(H2,19,23)/t13-,16-/m0/s1. The van der Waals surface area contributed by atoms with Crippen LogP contribution in [0.15, 0.2) is 30.5 Å². The van der Waals surface area contributed by atoms with Gasteiger partial charge in [-0.15, -0.1) is 0 Å². The van der Waals surface area contributed by atoms with Gasteiger partial charge in [0, 0.05) is 50.6 Å². The molecule has 0 aliphatic carbocycles. The zero-order chi connectivity index (χ0) is 17.3. The fraction of sp³-hybridized carbons (Fsp3) is 0.444. The molecule has 2 amide bonds. The number of para-hydroxylation sites is 1. The lowest BCUT2D eigenvalue weighted by molar-refractivity contribution is -0.137. The van der Waals surface area contributed by atoms with E-state index in [0.29, 0.717) is 25.8 Å². The zero-order valence-corrected chi connectivity index (χ0v) is 14.1. The summed E-state index contributed by atoms with van der Waals surface area (Å²) in [6.45, 7) is 0.429. The number of aromatic nitrogens is 1. The lowest BCUT2D eigenvalue weighted by Gasteiger charge is -2.21. The minimum absolute atomic E-state index is 0.0497. The van der Waals surface area contributed by atoms with Crippen molar-refractivity contribution in [1.82, 2.24) is 9.47 Å². The fourth-order valence-corrected chi connectivity index (χ4v) is 3.52. The highest BCUT2D eigenvalue weighted by Gasteiger charge is 2.38. The van der Waals surface area contributed by atoms with Crippen LogP contribution < -0.4 is 5.73 Å². The van der Waals surface area contributed by atoms with E-state index in [9.17, 15) is 9.59 Å². The van der Waals surface area contributed by atoms with Gasteiger partial charge in [0.1, 0.15) is 6.04 Å². The van der Waals surface area contributed by atoms with Crippen molar-refractivity contribution in [3.8, 4) is 0 Å². The van der Waals surface area contributed by atoms with E-state index in [1.807, 2.05) is 19.2 Å². The van der Waals surface area contributed by atoms with Crippen LogP contribution in [-0.2, 0) is 27.8 Å². The van der Waals surface area contributed by atoms with E-state index in [2.05, 4.69) is 22.9 Å². The molecule has 2 atom stereocenters. The molecule has 1 aliphatic rings. The van der Waals surface area contributed by atoms with Gasteiger partial charge in [-0.1, -0.05) is 18.2 Å². The first-order valence-electron chi connectivity index (χ1n) is 8.15. The second-order valence-electron chi connectivity index (χ2n) is 6.34. The molecule has 1 fully saturated rings. The highest BCUT2D eigenvalue weighted by Crippen LogP contribution is 2.24. The highest BCUT2D eigenvalue weighted by atomic mass is 16.5. The number of nitrogens with zero attached hydrogens (tertiary/aromatic N) is 2. The molecule has 2 N–H and O–H groups in total. The molecular weight excluding hydrogens is 306 g/mol. The van der Waals surface area contributed by atoms with Crippen molar-refractivity contribution < 1.29 is 14.3 Å². The number of carbonyl (C=O) groups is 2. The average molecular weight is 329 g/mol. The lowest BCUT2D eigenvalue weighted by Crippen LogP contribution is -2.43. The van der Waals surface area contributed by atoms with Crippen molar-refractivity contribution in [2.24, 2.45) is 12.8 Å².